The van der Waals surface area contributed by atoms with Gasteiger partial charge in [0.2, 0.25) is 17.6 Å². The van der Waals surface area contributed by atoms with Crippen molar-refractivity contribution in [3.8, 4) is 21.6 Å². The van der Waals surface area contributed by atoms with Crippen LogP contribution in [0.3, 0.4) is 0 Å². The van der Waals surface area contributed by atoms with Crippen LogP contribution in [0.25, 0.3) is 32.6 Å². The van der Waals surface area contributed by atoms with Gasteiger partial charge in [-0.2, -0.15) is 5.10 Å². The van der Waals surface area contributed by atoms with Gasteiger partial charge < -0.3 is 34.7 Å². The number of aliphatic hydroxyl groups is 1. The van der Waals surface area contributed by atoms with E-state index in [9.17, 15) is 32.6 Å². The van der Waals surface area contributed by atoms with Gasteiger partial charge in [-0.05, 0) is 92.0 Å². The standard InChI is InChI=1S/C60H69F3N12O6S2/c1-35(2)53(60(79)74-33-45(76)27-51(74)59(78)67-36(3)39-6-8-41(9-7-39)57-37(4)66-34-82-57)49-28-52(69(5)68-49)72-24-22-70(23-25-72)31-38-16-19-71(20-17-38)44-12-10-40(11-13-44)42-26-46-47(30-65-58(46)64-29-42)56(77)54-48(62)14-15-50(55(54)63)75(83(80)81)73-21-18-43(61)32-73/h6-15,26,28-30,34-36,38,43,45,51,53,76H,16-25,27,31-33H2,1-5H3,(H,64,65)(H,67,78)(H,80,81)/p-1/t36-,43+,45+,51-,53-/m0/s1. The van der Waals surface area contributed by atoms with Crippen molar-refractivity contribution in [2.24, 2.45) is 18.9 Å². The van der Waals surface area contributed by atoms with Crippen LogP contribution in [-0.4, -0.2) is 155 Å². The van der Waals surface area contributed by atoms with Crippen molar-refractivity contribution in [3.63, 3.8) is 0 Å². The normalized spacial score (nSPS) is 20.4. The fraction of sp³-hybridized carbons (Fsp3) is 0.433. The largest absolute Gasteiger partial charge is 0.754 e. The molecule has 0 radical (unpaired) electrons. The number of aromatic amines is 1. The summed E-state index contributed by atoms with van der Waals surface area (Å²) >= 11 is -1.49. The van der Waals surface area contributed by atoms with Crippen LogP contribution in [-0.2, 0) is 27.9 Å². The third-order valence-electron chi connectivity index (χ3n) is 16.9. The number of fused-ring (bicyclic) bond motifs is 1. The first-order valence-electron chi connectivity index (χ1n) is 28.3. The molecule has 1 unspecified atom stereocenters. The van der Waals surface area contributed by atoms with Gasteiger partial charge in [0.05, 0.1) is 63.2 Å². The molecule has 18 nitrogen and oxygen atoms in total. The average Bonchev–Trinajstić information content (AvgIpc) is 3.65. The fourth-order valence-electron chi connectivity index (χ4n) is 12.4. The number of hydrogen-bond donors (Lipinski definition) is 3. The molecule has 0 spiro atoms. The number of piperidine rings is 1. The van der Waals surface area contributed by atoms with E-state index in [-0.39, 0.29) is 61.8 Å². The number of aromatic nitrogens is 5. The first kappa shape index (κ1) is 57.8. The molecule has 4 fully saturated rings. The highest BCUT2D eigenvalue weighted by Crippen LogP contribution is 2.37. The van der Waals surface area contributed by atoms with E-state index in [0.717, 1.165) is 115 Å². The molecule has 11 rings (SSSR count). The molecule has 6 atom stereocenters. The van der Waals surface area contributed by atoms with Crippen LogP contribution in [0.4, 0.5) is 30.4 Å². The lowest BCUT2D eigenvalue weighted by atomic mass is 9.90. The monoisotopic (exact) mass is 1170 g/mol. The Labute approximate surface area is 486 Å². The summed E-state index contributed by atoms with van der Waals surface area (Å²) in [6.45, 7) is 13.8. The zero-order valence-corrected chi connectivity index (χ0v) is 48.6. The predicted molar refractivity (Wildman–Crippen MR) is 313 cm³/mol. The third kappa shape index (κ3) is 11.9. The zero-order chi connectivity index (χ0) is 58.4. The number of nitrogens with zero attached hydrogens (tertiary/aromatic N) is 10. The molecule has 3 N–H and O–H groups in total. The third-order valence-corrected chi connectivity index (χ3v) is 18.6. The number of β-amino-alcohol motifs (C(OH)–C–C–N with tert-alkyl or cyclic N) is 1. The molecule has 23 heteroatoms. The summed E-state index contributed by atoms with van der Waals surface area (Å²) in [5, 5.41) is 20.3. The van der Waals surface area contributed by atoms with Crippen molar-refractivity contribution in [2.45, 2.75) is 83.7 Å². The number of aliphatic hydroxyl groups excluding tert-OH is 1. The van der Waals surface area contributed by atoms with Gasteiger partial charge in [-0.25, -0.2) is 32.6 Å². The Morgan fingerprint density at radius 2 is 1.61 bits per heavy atom. The molecule has 3 aromatic carbocycles. The number of hydrazine groups is 1. The minimum absolute atomic E-state index is 0.00868. The van der Waals surface area contributed by atoms with E-state index in [0.29, 0.717) is 32.6 Å². The minimum Gasteiger partial charge on any atom is -0.754 e. The van der Waals surface area contributed by atoms with E-state index < -0.39 is 64.2 Å². The van der Waals surface area contributed by atoms with Gasteiger partial charge in [0.15, 0.2) is 5.82 Å². The van der Waals surface area contributed by atoms with Crippen molar-refractivity contribution in [2.75, 3.05) is 79.7 Å². The Hall–Kier alpha value is -7.02. The van der Waals surface area contributed by atoms with E-state index in [2.05, 4.69) is 47.1 Å². The molecule has 8 heterocycles. The molecule has 0 saturated carbocycles. The van der Waals surface area contributed by atoms with E-state index in [4.69, 9.17) is 5.10 Å². The van der Waals surface area contributed by atoms with Crippen LogP contribution < -0.4 is 19.5 Å². The number of carbonyl (C=O) groups excluding carboxylic acids is 3. The minimum atomic E-state index is -3.08. The van der Waals surface area contributed by atoms with Crippen LogP contribution in [0.1, 0.15) is 91.3 Å². The van der Waals surface area contributed by atoms with Crippen molar-refractivity contribution in [3.05, 3.63) is 130 Å². The molecular formula is C60H68F3N12O6S2-. The Morgan fingerprint density at radius 1 is 0.892 bits per heavy atom. The highest BCUT2D eigenvalue weighted by molar-refractivity contribution is 7.80. The van der Waals surface area contributed by atoms with E-state index in [1.54, 1.807) is 28.5 Å². The second-order valence-corrected chi connectivity index (χ2v) is 24.4. The van der Waals surface area contributed by atoms with Gasteiger partial charge in [0.1, 0.15) is 35.2 Å². The first-order chi connectivity index (χ1) is 39.9. The molecule has 4 aliphatic rings. The summed E-state index contributed by atoms with van der Waals surface area (Å²) in [6, 6.07) is 20.5. The number of hydrogen-bond acceptors (Lipinski definition) is 14. The predicted octanol–water partition coefficient (Wildman–Crippen LogP) is 8.08. The molecule has 4 aliphatic heterocycles. The fourth-order valence-corrected chi connectivity index (χ4v) is 13.8. The summed E-state index contributed by atoms with van der Waals surface area (Å²) in [4.78, 5) is 64.1. The van der Waals surface area contributed by atoms with Crippen molar-refractivity contribution in [1.29, 1.82) is 0 Å². The number of alkyl halides is 1. The van der Waals surface area contributed by atoms with Gasteiger partial charge in [0.25, 0.3) is 0 Å². The average molecular weight is 1170 g/mol. The number of ketones is 1. The Kier molecular flexibility index (Phi) is 16.9. The van der Waals surface area contributed by atoms with Crippen molar-refractivity contribution >= 4 is 68.4 Å². The van der Waals surface area contributed by atoms with Crippen LogP contribution >= 0.6 is 11.3 Å². The molecule has 4 aromatic heterocycles. The molecule has 7 aromatic rings. The second-order valence-electron chi connectivity index (χ2n) is 22.7. The van der Waals surface area contributed by atoms with E-state index in [1.165, 1.54) is 6.20 Å². The second kappa shape index (κ2) is 24.3. The molecule has 438 valence electrons. The number of carbonyl (C=O) groups is 3. The first-order valence-corrected chi connectivity index (χ1v) is 30.3. The molecule has 2 amide bonds. The number of amides is 2. The number of aryl methyl sites for hydroxylation is 2. The number of benzene rings is 3. The number of rotatable bonds is 17. The molecular weight excluding hydrogens is 1110 g/mol. The molecule has 83 heavy (non-hydrogen) atoms. The summed E-state index contributed by atoms with van der Waals surface area (Å²) in [5.41, 5.74) is 6.77. The van der Waals surface area contributed by atoms with Crippen LogP contribution in [0.2, 0.25) is 0 Å². The topological polar surface area (TPSA) is 202 Å². The molecule has 4 saturated heterocycles. The summed E-state index contributed by atoms with van der Waals surface area (Å²) < 4.78 is 72.4. The summed E-state index contributed by atoms with van der Waals surface area (Å²) in [7, 11) is 1.91. The quantitative estimate of drug-likeness (QED) is 0.0584. The van der Waals surface area contributed by atoms with Crippen LogP contribution in [0, 0.1) is 30.4 Å². The SMILES string of the molecule is Cc1ncsc1-c1ccc([C@H](C)NC(=O)[C@@H]2C[C@@H](O)CN2C(=O)[C@H](c2cc(N3CCN(CC4CCN(c5ccc(-c6cnc7[nH]cc(C(=O)c8c(F)ccc(N(N9CC[C@@H](F)C9)S(=O)[O-])c8F)c7c6)cc5)CC4)CC3)n(C)n2)C(C)C)cc1. The maximum absolute atomic E-state index is 16.1. The van der Waals surface area contributed by atoms with Crippen molar-refractivity contribution in [1.82, 2.24) is 44.9 Å². The van der Waals surface area contributed by atoms with Gasteiger partial charge in [-0.1, -0.05) is 50.2 Å². The number of anilines is 3. The highest BCUT2D eigenvalue weighted by Gasteiger charge is 2.44. The lowest BCUT2D eigenvalue weighted by molar-refractivity contribution is -0.140. The number of pyridine rings is 1. The lowest BCUT2D eigenvalue weighted by Gasteiger charge is -2.40. The number of halogens is 3. The number of likely N-dealkylation sites (tertiary alicyclic amines) is 1. The zero-order valence-electron chi connectivity index (χ0n) is 47.0. The van der Waals surface area contributed by atoms with Gasteiger partial charge in [-0.15, -0.1) is 11.3 Å². The summed E-state index contributed by atoms with van der Waals surface area (Å²) in [6.07, 6.45) is 3.10. The maximum atomic E-state index is 16.1. The Bertz CT molecular complexity index is 3530. The molecule has 0 bridgehead atoms. The number of H-pyrrole nitrogens is 1. The highest BCUT2D eigenvalue weighted by atomic mass is 32.2. The maximum Gasteiger partial charge on any atom is 0.243 e. The Morgan fingerprint density at radius 3 is 2.28 bits per heavy atom. The van der Waals surface area contributed by atoms with Crippen LogP contribution in [0.15, 0.2) is 90.7 Å². The smallest absolute Gasteiger partial charge is 0.243 e. The number of piperazine rings is 1. The summed E-state index contributed by atoms with van der Waals surface area (Å²) in [5.74, 6) is -3.32. The van der Waals surface area contributed by atoms with E-state index >= 15 is 8.78 Å². The van der Waals surface area contributed by atoms with Gasteiger partial charge in [-0.3, -0.25) is 28.2 Å². The van der Waals surface area contributed by atoms with Crippen LogP contribution in [0.5, 0.6) is 0 Å². The van der Waals surface area contributed by atoms with Crippen molar-refractivity contribution < 1.29 is 41.4 Å². The number of thiazole rings is 1. The Balaban J connectivity index is 0.671. The number of nitrogens with one attached hydrogen (secondary N) is 2. The molecule has 0 aliphatic carbocycles. The van der Waals surface area contributed by atoms with Gasteiger partial charge in [0, 0.05) is 113 Å². The van der Waals surface area contributed by atoms with E-state index in [1.807, 2.05) is 87.4 Å². The van der Waals surface area contributed by atoms with Gasteiger partial charge >= 0.3 is 0 Å². The lowest BCUT2D eigenvalue weighted by Crippen LogP contribution is -2.49.